The van der Waals surface area contributed by atoms with E-state index >= 15 is 0 Å². The van der Waals surface area contributed by atoms with E-state index in [9.17, 15) is 48.7 Å². The first-order valence-electron chi connectivity index (χ1n) is 16.2. The number of rotatable bonds is 28. The molecule has 1 fully saturated rings. The van der Waals surface area contributed by atoms with E-state index in [1.165, 1.54) is 9.80 Å². The van der Waals surface area contributed by atoms with E-state index in [0.717, 1.165) is 12.8 Å². The summed E-state index contributed by atoms with van der Waals surface area (Å²) in [7, 11) is -7.45. The highest BCUT2D eigenvalue weighted by molar-refractivity contribution is 7.54. The summed E-state index contributed by atoms with van der Waals surface area (Å²) in [5.41, 5.74) is 0. The zero-order chi connectivity index (χ0) is 36.3. The van der Waals surface area contributed by atoms with E-state index < -0.39 is 77.3 Å². The van der Waals surface area contributed by atoms with Gasteiger partial charge in [0, 0.05) is 38.3 Å². The maximum Gasteiger partial charge on any atom is 0.344 e. The average molecular weight is 733 g/mol. The Hall–Kier alpha value is -1.98. The molecule has 20 heteroatoms. The number of hydrogen-bond donors (Lipinski definition) is 4. The molecule has 0 radical (unpaired) electrons. The van der Waals surface area contributed by atoms with Gasteiger partial charge in [-0.2, -0.15) is 0 Å². The van der Waals surface area contributed by atoms with Crippen molar-refractivity contribution in [3.05, 3.63) is 0 Å². The predicted octanol–water partition coefficient (Wildman–Crippen LogP) is 2.29. The zero-order valence-electron chi connectivity index (χ0n) is 28.4. The van der Waals surface area contributed by atoms with E-state index in [1.54, 1.807) is 27.7 Å². The summed E-state index contributed by atoms with van der Waals surface area (Å²) in [6.45, 7) is 5.01. The second-order valence-corrected chi connectivity index (χ2v) is 15.3. The average Bonchev–Trinajstić information content (AvgIpc) is 2.96. The van der Waals surface area contributed by atoms with Crippen molar-refractivity contribution in [2.24, 2.45) is 0 Å². The van der Waals surface area contributed by atoms with Gasteiger partial charge >= 0.3 is 39.1 Å². The van der Waals surface area contributed by atoms with Crippen LogP contribution >= 0.6 is 15.2 Å². The summed E-state index contributed by atoms with van der Waals surface area (Å²) in [4.78, 5) is 52.2. The highest BCUT2D eigenvalue weighted by Gasteiger charge is 2.41. The maximum absolute atomic E-state index is 13.9. The van der Waals surface area contributed by atoms with Crippen LogP contribution in [0, 0.1) is 0 Å². The molecule has 0 aromatic rings. The Morgan fingerprint density at radius 2 is 0.812 bits per heavy atom. The molecule has 0 aromatic heterocycles. The van der Waals surface area contributed by atoms with E-state index in [2.05, 4.69) is 0 Å². The molecule has 0 amide bonds. The van der Waals surface area contributed by atoms with E-state index in [4.69, 9.17) is 18.1 Å². The van der Waals surface area contributed by atoms with Crippen molar-refractivity contribution in [3.63, 3.8) is 0 Å². The standard InChI is InChI=1S/C28H54N4O14P2/c1-5-43-47(41,44-6-2)21-31(15-13-29(17-25(33)34)18-26(35)36)23-11-9-10-12-24(23)32(22-48(42,45-7-3)46-8-4)16-14-30(19-27(37)38)20-28(39)40/h23-24H,5-22H2,1-4H3,(H,33,34)(H,35,36)(H,37,38)(H,39,40)/t23-,24-/m0/s1. The van der Waals surface area contributed by atoms with Crippen LogP contribution in [0.25, 0.3) is 0 Å². The van der Waals surface area contributed by atoms with Gasteiger partial charge in [0.25, 0.3) is 0 Å². The van der Waals surface area contributed by atoms with Gasteiger partial charge in [-0.05, 0) is 40.5 Å². The smallest absolute Gasteiger partial charge is 0.344 e. The molecule has 48 heavy (non-hydrogen) atoms. The van der Waals surface area contributed by atoms with Gasteiger partial charge in [-0.25, -0.2) is 0 Å². The van der Waals surface area contributed by atoms with Crippen LogP contribution in [0.15, 0.2) is 0 Å². The number of carbonyl (C=O) groups is 4. The van der Waals surface area contributed by atoms with Crippen molar-refractivity contribution in [2.45, 2.75) is 65.5 Å². The summed E-state index contributed by atoms with van der Waals surface area (Å²) in [5, 5.41) is 37.6. The molecule has 0 aromatic carbocycles. The van der Waals surface area contributed by atoms with Gasteiger partial charge < -0.3 is 38.5 Å². The number of nitrogens with zero attached hydrogens (tertiary/aromatic N) is 4. The van der Waals surface area contributed by atoms with Gasteiger partial charge in [0.05, 0.1) is 52.6 Å². The van der Waals surface area contributed by atoms with Crippen LogP contribution in [0.1, 0.15) is 53.4 Å². The Bertz CT molecular complexity index is 980. The van der Waals surface area contributed by atoms with E-state index in [0.29, 0.717) is 12.8 Å². The lowest BCUT2D eigenvalue weighted by Gasteiger charge is -2.46. The summed E-state index contributed by atoms with van der Waals surface area (Å²) >= 11 is 0. The SMILES string of the molecule is CCOP(=O)(CN(CCN(CC(=O)O)CC(=O)O)[C@H]1CCCC[C@@H]1N(CCN(CC(=O)O)CC(=O)O)CP(=O)(OCC)OCC)OCC. The summed E-state index contributed by atoms with van der Waals surface area (Å²) in [5.74, 6) is -4.86. The largest absolute Gasteiger partial charge is 0.480 e. The van der Waals surface area contributed by atoms with Crippen molar-refractivity contribution in [1.29, 1.82) is 0 Å². The quantitative estimate of drug-likeness (QED) is 0.0845. The zero-order valence-corrected chi connectivity index (χ0v) is 30.2. The molecule has 0 bridgehead atoms. The molecule has 4 N–H and O–H groups in total. The molecule has 0 saturated heterocycles. The van der Waals surface area contributed by atoms with Crippen molar-refractivity contribution in [2.75, 3.05) is 91.4 Å². The van der Waals surface area contributed by atoms with Crippen LogP contribution in [-0.4, -0.2) is 167 Å². The Balaban J connectivity index is 3.64. The first kappa shape index (κ1) is 44.0. The van der Waals surface area contributed by atoms with Gasteiger partial charge in [0.2, 0.25) is 0 Å². The van der Waals surface area contributed by atoms with Gasteiger partial charge in [0.1, 0.15) is 12.6 Å². The molecule has 0 heterocycles. The van der Waals surface area contributed by atoms with Crippen LogP contribution < -0.4 is 0 Å². The minimum absolute atomic E-state index is 0.0124. The molecule has 1 saturated carbocycles. The number of aliphatic carboxylic acids is 4. The highest BCUT2D eigenvalue weighted by atomic mass is 31.2. The van der Waals surface area contributed by atoms with Crippen molar-refractivity contribution < 1.29 is 66.8 Å². The fourth-order valence-electron chi connectivity index (χ4n) is 5.83. The minimum atomic E-state index is -3.73. The fourth-order valence-corrected chi connectivity index (χ4v) is 9.47. The predicted molar refractivity (Wildman–Crippen MR) is 174 cm³/mol. The number of hydrogen-bond acceptors (Lipinski definition) is 14. The van der Waals surface area contributed by atoms with Crippen LogP contribution in [0.3, 0.4) is 0 Å². The summed E-state index contributed by atoms with van der Waals surface area (Å²) < 4.78 is 50.1. The first-order chi connectivity index (χ1) is 22.6. The third-order valence-electron chi connectivity index (χ3n) is 7.49. The lowest BCUT2D eigenvalue weighted by molar-refractivity contribution is -0.144. The molecular formula is C28H54N4O14P2. The molecule has 0 aliphatic heterocycles. The van der Waals surface area contributed by atoms with Crippen molar-refractivity contribution in [3.8, 4) is 0 Å². The van der Waals surface area contributed by atoms with Crippen molar-refractivity contribution >= 4 is 39.1 Å². The molecule has 2 atom stereocenters. The van der Waals surface area contributed by atoms with E-state index in [-0.39, 0.29) is 65.2 Å². The number of carboxylic acids is 4. The highest BCUT2D eigenvalue weighted by Crippen LogP contribution is 2.51. The molecule has 18 nitrogen and oxygen atoms in total. The Kier molecular flexibility index (Phi) is 20.8. The minimum Gasteiger partial charge on any atom is -0.480 e. The summed E-state index contributed by atoms with van der Waals surface area (Å²) in [6.07, 6.45) is 2.22. The maximum atomic E-state index is 13.9. The Morgan fingerprint density at radius 1 is 0.542 bits per heavy atom. The third kappa shape index (κ3) is 17.1. The lowest BCUT2D eigenvalue weighted by Crippen LogP contribution is -2.56. The monoisotopic (exact) mass is 732 g/mol. The lowest BCUT2D eigenvalue weighted by atomic mass is 9.88. The molecule has 0 spiro atoms. The Morgan fingerprint density at radius 3 is 1.04 bits per heavy atom. The normalized spacial score (nSPS) is 17.4. The van der Waals surface area contributed by atoms with Gasteiger partial charge in [-0.1, -0.05) is 12.8 Å². The number of carboxylic acid groups (broad SMARTS) is 4. The van der Waals surface area contributed by atoms with Crippen LogP contribution in [0.4, 0.5) is 0 Å². The Labute approximate surface area is 282 Å². The van der Waals surface area contributed by atoms with Gasteiger partial charge in [-0.15, -0.1) is 0 Å². The van der Waals surface area contributed by atoms with Gasteiger partial charge in [-0.3, -0.25) is 47.9 Å². The second-order valence-electron chi connectivity index (χ2n) is 11.2. The third-order valence-corrected chi connectivity index (χ3v) is 11.5. The first-order valence-corrected chi connectivity index (χ1v) is 19.6. The molecular weight excluding hydrogens is 678 g/mol. The van der Waals surface area contributed by atoms with Crippen LogP contribution in [0.2, 0.25) is 0 Å². The van der Waals surface area contributed by atoms with Crippen LogP contribution in [-0.2, 0) is 46.4 Å². The van der Waals surface area contributed by atoms with Crippen LogP contribution in [0.5, 0.6) is 0 Å². The molecule has 1 rings (SSSR count). The fraction of sp³-hybridized carbons (Fsp3) is 0.857. The second kappa shape index (κ2) is 22.7. The van der Waals surface area contributed by atoms with Gasteiger partial charge in [0.15, 0.2) is 0 Å². The van der Waals surface area contributed by atoms with Crippen molar-refractivity contribution in [1.82, 2.24) is 19.6 Å². The molecule has 1 aliphatic rings. The molecule has 0 unspecified atom stereocenters. The molecule has 1 aliphatic carbocycles. The molecule has 280 valence electrons. The summed E-state index contributed by atoms with van der Waals surface area (Å²) in [6, 6.07) is -0.845. The topological polar surface area (TPSA) is 233 Å². The van der Waals surface area contributed by atoms with E-state index in [1.807, 2.05) is 9.80 Å².